The maximum Gasteiger partial charge on any atom is 0.332 e. The number of nitrogens with one attached hydrogen (secondary N) is 1. The van der Waals surface area contributed by atoms with E-state index in [1.54, 1.807) is 29.4 Å². The van der Waals surface area contributed by atoms with Gasteiger partial charge in [0, 0.05) is 12.4 Å². The molecule has 1 heterocycles. The Balaban J connectivity index is 2.20. The molecule has 0 spiro atoms. The Labute approximate surface area is 108 Å². The average Bonchev–Trinajstić information content (AvgIpc) is 2.82. The lowest BCUT2D eigenvalue weighted by atomic mass is 10.2. The van der Waals surface area contributed by atoms with Crippen LogP contribution in [0.15, 0.2) is 42.0 Å². The molecule has 0 saturated carbocycles. The van der Waals surface area contributed by atoms with Crippen molar-refractivity contribution in [3.63, 3.8) is 0 Å². The molecule has 3 N–H and O–H groups in total. The summed E-state index contributed by atoms with van der Waals surface area (Å²) in [5, 5.41) is 4.20. The van der Waals surface area contributed by atoms with Crippen LogP contribution in [0.25, 0.3) is 5.69 Å². The zero-order valence-electron chi connectivity index (χ0n) is 9.25. The third-order valence-corrected chi connectivity index (χ3v) is 2.45. The number of nitrogens with zero attached hydrogens (tertiary/aromatic N) is 3. The van der Waals surface area contributed by atoms with Gasteiger partial charge in [-0.15, -0.1) is 0 Å². The van der Waals surface area contributed by atoms with Gasteiger partial charge in [-0.3, -0.25) is 0 Å². The van der Waals surface area contributed by atoms with Gasteiger partial charge in [0.1, 0.15) is 0 Å². The zero-order valence-corrected chi connectivity index (χ0v) is 10.0. The number of urea groups is 1. The summed E-state index contributed by atoms with van der Waals surface area (Å²) in [6.45, 7) is 0. The van der Waals surface area contributed by atoms with E-state index in [2.05, 4.69) is 15.5 Å². The second-order valence-electron chi connectivity index (χ2n) is 3.42. The van der Waals surface area contributed by atoms with Crippen LogP contribution in [0.1, 0.15) is 5.56 Å². The van der Waals surface area contributed by atoms with Gasteiger partial charge < -0.3 is 10.3 Å². The molecule has 0 aliphatic carbocycles. The Hall–Kier alpha value is -2.34. The first-order valence-corrected chi connectivity index (χ1v) is 5.41. The number of amides is 2. The lowest BCUT2D eigenvalue weighted by Crippen LogP contribution is -2.24. The second kappa shape index (κ2) is 5.33. The second-order valence-corrected chi connectivity index (χ2v) is 3.82. The molecule has 2 aromatic rings. The van der Waals surface area contributed by atoms with Crippen LogP contribution >= 0.6 is 11.6 Å². The summed E-state index contributed by atoms with van der Waals surface area (Å²) in [6, 6.07) is 4.65. The highest BCUT2D eigenvalue weighted by molar-refractivity contribution is 6.32. The lowest BCUT2D eigenvalue weighted by Gasteiger charge is -2.05. The third-order valence-electron chi connectivity index (χ3n) is 2.14. The van der Waals surface area contributed by atoms with Gasteiger partial charge in [-0.1, -0.05) is 17.7 Å². The van der Waals surface area contributed by atoms with Crippen LogP contribution in [0, 0.1) is 0 Å². The van der Waals surface area contributed by atoms with Crippen LogP contribution in [0.3, 0.4) is 0 Å². The maximum absolute atomic E-state index is 10.4. The summed E-state index contributed by atoms with van der Waals surface area (Å²) in [6.07, 6.45) is 6.57. The van der Waals surface area contributed by atoms with Gasteiger partial charge in [0.25, 0.3) is 0 Å². The molecule has 0 unspecified atom stereocenters. The number of primary amides is 1. The highest BCUT2D eigenvalue weighted by atomic mass is 35.5. The lowest BCUT2D eigenvalue weighted by molar-refractivity contribution is 0.249. The van der Waals surface area contributed by atoms with Gasteiger partial charge in [0.2, 0.25) is 0 Å². The van der Waals surface area contributed by atoms with Crippen LogP contribution in [0.4, 0.5) is 4.79 Å². The molecule has 0 radical (unpaired) electrons. The van der Waals surface area contributed by atoms with E-state index >= 15 is 0 Å². The minimum atomic E-state index is -0.715. The van der Waals surface area contributed by atoms with Crippen LogP contribution in [0.2, 0.25) is 5.02 Å². The Morgan fingerprint density at radius 3 is 3.00 bits per heavy atom. The molecule has 0 fully saturated rings. The molecular formula is C11H10ClN5O. The van der Waals surface area contributed by atoms with Gasteiger partial charge in [-0.25, -0.2) is 15.2 Å². The zero-order chi connectivity index (χ0) is 13.0. The SMILES string of the molecule is NC(=O)NN=Cc1ccc(-n2ccnc2)c(Cl)c1. The normalized spacial score (nSPS) is 10.7. The number of benzene rings is 1. The quantitative estimate of drug-likeness (QED) is 0.650. The van der Waals surface area contributed by atoms with Crippen LogP contribution in [-0.4, -0.2) is 21.8 Å². The van der Waals surface area contributed by atoms with E-state index in [1.807, 2.05) is 12.1 Å². The highest BCUT2D eigenvalue weighted by Crippen LogP contribution is 2.20. The van der Waals surface area contributed by atoms with Crippen molar-refractivity contribution in [2.24, 2.45) is 10.8 Å². The smallest absolute Gasteiger partial charge is 0.332 e. The molecule has 2 amide bonds. The maximum atomic E-state index is 10.4. The minimum absolute atomic E-state index is 0.552. The Bertz CT molecular complexity index is 579. The van der Waals surface area contributed by atoms with Crippen LogP contribution < -0.4 is 11.2 Å². The van der Waals surface area contributed by atoms with Crippen molar-refractivity contribution in [1.29, 1.82) is 0 Å². The monoisotopic (exact) mass is 263 g/mol. The van der Waals surface area contributed by atoms with E-state index in [4.69, 9.17) is 17.3 Å². The number of halogens is 1. The summed E-state index contributed by atoms with van der Waals surface area (Å²) in [5.41, 5.74) is 8.54. The predicted octanol–water partition coefficient (Wildman–Crippen LogP) is 1.53. The number of nitrogens with two attached hydrogens (primary N) is 1. The van der Waals surface area contributed by atoms with Crippen molar-refractivity contribution in [3.8, 4) is 5.69 Å². The van der Waals surface area contributed by atoms with Crippen LogP contribution in [0.5, 0.6) is 0 Å². The molecular weight excluding hydrogens is 254 g/mol. The molecule has 0 atom stereocenters. The van der Waals surface area contributed by atoms with Crippen molar-refractivity contribution in [3.05, 3.63) is 47.5 Å². The van der Waals surface area contributed by atoms with E-state index < -0.39 is 6.03 Å². The third kappa shape index (κ3) is 2.86. The molecule has 6 nitrogen and oxygen atoms in total. The van der Waals surface area contributed by atoms with Gasteiger partial charge >= 0.3 is 6.03 Å². The number of carbonyl (C=O) groups excluding carboxylic acids is 1. The van der Waals surface area contributed by atoms with Crippen molar-refractivity contribution in [1.82, 2.24) is 15.0 Å². The van der Waals surface area contributed by atoms with Crippen molar-refractivity contribution in [2.75, 3.05) is 0 Å². The Morgan fingerprint density at radius 1 is 1.56 bits per heavy atom. The molecule has 18 heavy (non-hydrogen) atoms. The number of carbonyl (C=O) groups is 1. The van der Waals surface area contributed by atoms with Crippen molar-refractivity contribution in [2.45, 2.75) is 0 Å². The minimum Gasteiger partial charge on any atom is -0.350 e. The van der Waals surface area contributed by atoms with E-state index in [0.29, 0.717) is 5.02 Å². The molecule has 7 heteroatoms. The largest absolute Gasteiger partial charge is 0.350 e. The number of hydrazone groups is 1. The average molecular weight is 264 g/mol. The first-order valence-electron chi connectivity index (χ1n) is 5.03. The predicted molar refractivity (Wildman–Crippen MR) is 68.9 cm³/mol. The van der Waals surface area contributed by atoms with E-state index in [1.165, 1.54) is 6.21 Å². The first kappa shape index (κ1) is 12.1. The van der Waals surface area contributed by atoms with E-state index in [0.717, 1.165) is 11.3 Å². The molecule has 0 saturated heterocycles. The Kier molecular flexibility index (Phi) is 3.59. The highest BCUT2D eigenvalue weighted by Gasteiger charge is 2.02. The van der Waals surface area contributed by atoms with Crippen LogP contribution in [-0.2, 0) is 0 Å². The summed E-state index contributed by atoms with van der Waals surface area (Å²) in [7, 11) is 0. The molecule has 2 rings (SSSR count). The number of hydrogen-bond donors (Lipinski definition) is 2. The standard InChI is InChI=1S/C11H10ClN5O/c12-9-5-8(6-15-16-11(13)18)1-2-10(9)17-4-3-14-7-17/h1-7H,(H3,13,16,18). The van der Waals surface area contributed by atoms with Crippen molar-refractivity contribution < 1.29 is 4.79 Å². The van der Waals surface area contributed by atoms with Gasteiger partial charge in [-0.2, -0.15) is 5.10 Å². The summed E-state index contributed by atoms with van der Waals surface area (Å²) in [5.74, 6) is 0. The molecule has 0 aliphatic rings. The van der Waals surface area contributed by atoms with Gasteiger partial charge in [0.15, 0.2) is 0 Å². The van der Waals surface area contributed by atoms with Gasteiger partial charge in [0.05, 0.1) is 23.3 Å². The summed E-state index contributed by atoms with van der Waals surface area (Å²) < 4.78 is 1.80. The number of rotatable bonds is 3. The molecule has 1 aromatic carbocycles. The molecule has 92 valence electrons. The fourth-order valence-electron chi connectivity index (χ4n) is 1.38. The molecule has 0 bridgehead atoms. The summed E-state index contributed by atoms with van der Waals surface area (Å²) in [4.78, 5) is 14.4. The number of hydrogen-bond acceptors (Lipinski definition) is 3. The van der Waals surface area contributed by atoms with Gasteiger partial charge in [-0.05, 0) is 17.7 Å². The van der Waals surface area contributed by atoms with Crippen molar-refractivity contribution >= 4 is 23.8 Å². The fraction of sp³-hybridized carbons (Fsp3) is 0. The molecule has 1 aromatic heterocycles. The number of aromatic nitrogens is 2. The summed E-state index contributed by atoms with van der Waals surface area (Å²) >= 11 is 6.14. The number of imidazole rings is 1. The first-order chi connectivity index (χ1) is 8.66. The Morgan fingerprint density at radius 2 is 2.39 bits per heavy atom. The molecule has 0 aliphatic heterocycles. The fourth-order valence-corrected chi connectivity index (χ4v) is 1.67. The van der Waals surface area contributed by atoms with E-state index in [9.17, 15) is 4.79 Å². The van der Waals surface area contributed by atoms with E-state index in [-0.39, 0.29) is 0 Å². The topological polar surface area (TPSA) is 85.3 Å².